The van der Waals surface area contributed by atoms with E-state index in [9.17, 15) is 0 Å². The zero-order chi connectivity index (χ0) is 17.6. The van der Waals surface area contributed by atoms with E-state index in [4.69, 9.17) is 0 Å². The highest BCUT2D eigenvalue weighted by molar-refractivity contribution is 5.63. The summed E-state index contributed by atoms with van der Waals surface area (Å²) in [7, 11) is 0. The second-order valence-corrected chi connectivity index (χ2v) is 10.9. The van der Waals surface area contributed by atoms with E-state index in [-0.39, 0.29) is 0 Å². The van der Waals surface area contributed by atoms with Crippen LogP contribution in [0.25, 0.3) is 0 Å². The van der Waals surface area contributed by atoms with Crippen LogP contribution < -0.4 is 4.90 Å². The van der Waals surface area contributed by atoms with Crippen LogP contribution in [0, 0.1) is 49.9 Å². The lowest BCUT2D eigenvalue weighted by Crippen LogP contribution is -2.54. The van der Waals surface area contributed by atoms with Gasteiger partial charge in [-0.15, -0.1) is 0 Å². The van der Waals surface area contributed by atoms with Gasteiger partial charge in [-0.2, -0.15) is 0 Å². The fourth-order valence-electron chi connectivity index (χ4n) is 8.11. The van der Waals surface area contributed by atoms with Crippen LogP contribution >= 0.6 is 0 Å². The van der Waals surface area contributed by atoms with Gasteiger partial charge in [0.2, 0.25) is 0 Å². The Morgan fingerprint density at radius 2 is 1.36 bits per heavy atom. The Morgan fingerprint density at radius 1 is 0.840 bits per heavy atom. The monoisotopic (exact) mass is 337 g/mol. The molecule has 1 nitrogen and oxygen atoms in total. The van der Waals surface area contributed by atoms with Crippen molar-refractivity contribution in [1.82, 2.24) is 0 Å². The molecule has 1 spiro atoms. The Morgan fingerprint density at radius 3 is 1.88 bits per heavy atom. The standard InChI is InChI=1S/C24H35N/c1-15-6-16(2)22(17(3)7-15)25-14-24(13-23(25,4)5)20-9-18-8-19(11-20)12-21(24)10-18/h6-7,18-21H,8-14H2,1-5H3. The van der Waals surface area contributed by atoms with E-state index in [2.05, 4.69) is 51.7 Å². The lowest BCUT2D eigenvalue weighted by Gasteiger charge is -2.60. The van der Waals surface area contributed by atoms with Gasteiger partial charge in [0.05, 0.1) is 0 Å². The third-order valence-electron chi connectivity index (χ3n) is 8.61. The first-order valence-electron chi connectivity index (χ1n) is 10.6. The molecule has 1 heterocycles. The van der Waals surface area contributed by atoms with Crippen LogP contribution in [-0.4, -0.2) is 12.1 Å². The maximum atomic E-state index is 2.83. The lowest BCUT2D eigenvalue weighted by atomic mass is 9.44. The lowest BCUT2D eigenvalue weighted by molar-refractivity contribution is -0.0993. The first kappa shape index (κ1) is 16.2. The third kappa shape index (κ3) is 2.20. The summed E-state index contributed by atoms with van der Waals surface area (Å²) in [5.41, 5.74) is 6.81. The number of nitrogens with zero attached hydrogens (tertiary/aromatic N) is 1. The maximum Gasteiger partial charge on any atom is 0.0430 e. The molecule has 1 saturated heterocycles. The van der Waals surface area contributed by atoms with E-state index in [1.807, 2.05) is 0 Å². The Balaban J connectivity index is 1.56. The summed E-state index contributed by atoms with van der Waals surface area (Å²) in [5, 5.41) is 0. The van der Waals surface area contributed by atoms with Gasteiger partial charge in [0.1, 0.15) is 0 Å². The van der Waals surface area contributed by atoms with Crippen molar-refractivity contribution >= 4 is 5.69 Å². The van der Waals surface area contributed by atoms with Crippen molar-refractivity contribution < 1.29 is 0 Å². The number of aryl methyl sites for hydroxylation is 3. The fourth-order valence-corrected chi connectivity index (χ4v) is 8.11. The minimum absolute atomic E-state index is 0.292. The molecule has 1 aliphatic heterocycles. The Kier molecular flexibility index (Phi) is 3.27. The highest BCUT2D eigenvalue weighted by Crippen LogP contribution is 2.67. The molecule has 0 atom stereocenters. The first-order valence-corrected chi connectivity index (χ1v) is 10.6. The van der Waals surface area contributed by atoms with Crippen LogP contribution in [0.15, 0.2) is 12.1 Å². The van der Waals surface area contributed by atoms with E-state index >= 15 is 0 Å². The molecule has 25 heavy (non-hydrogen) atoms. The smallest absolute Gasteiger partial charge is 0.0430 e. The first-order chi connectivity index (χ1) is 11.8. The molecule has 0 aromatic heterocycles. The van der Waals surface area contributed by atoms with Crippen LogP contribution in [-0.2, 0) is 0 Å². The molecule has 4 bridgehead atoms. The summed E-state index contributed by atoms with van der Waals surface area (Å²) in [4.78, 5) is 2.83. The maximum absolute atomic E-state index is 2.83. The molecule has 5 fully saturated rings. The number of benzene rings is 1. The third-order valence-corrected chi connectivity index (χ3v) is 8.61. The van der Waals surface area contributed by atoms with E-state index in [1.165, 1.54) is 29.7 Å². The highest BCUT2D eigenvalue weighted by atomic mass is 15.2. The summed E-state index contributed by atoms with van der Waals surface area (Å²) < 4.78 is 0. The average Bonchev–Trinajstić information content (AvgIpc) is 2.76. The van der Waals surface area contributed by atoms with E-state index in [1.54, 1.807) is 37.8 Å². The second kappa shape index (κ2) is 5.05. The summed E-state index contributed by atoms with van der Waals surface area (Å²) in [5.74, 6) is 4.18. The minimum Gasteiger partial charge on any atom is -0.365 e. The molecule has 0 N–H and O–H groups in total. The number of hydrogen-bond donors (Lipinski definition) is 0. The van der Waals surface area contributed by atoms with E-state index in [0.29, 0.717) is 11.0 Å². The molecular formula is C24H35N. The zero-order valence-electron chi connectivity index (χ0n) is 16.9. The Labute approximate surface area is 154 Å². The molecule has 4 aliphatic carbocycles. The summed E-state index contributed by atoms with van der Waals surface area (Å²) in [6, 6.07) is 4.78. The predicted molar refractivity (Wildman–Crippen MR) is 106 cm³/mol. The van der Waals surface area contributed by atoms with Gasteiger partial charge >= 0.3 is 0 Å². The number of hydrogen-bond acceptors (Lipinski definition) is 1. The molecule has 0 unspecified atom stereocenters. The Hall–Kier alpha value is -0.980. The quantitative estimate of drug-likeness (QED) is 0.603. The van der Waals surface area contributed by atoms with E-state index in [0.717, 1.165) is 23.7 Å². The van der Waals surface area contributed by atoms with Gasteiger partial charge < -0.3 is 4.90 Å². The molecule has 0 amide bonds. The molecular weight excluding hydrogens is 302 g/mol. The van der Waals surface area contributed by atoms with Gasteiger partial charge in [-0.25, -0.2) is 0 Å². The summed E-state index contributed by atoms with van der Waals surface area (Å²) in [6.45, 7) is 13.2. The van der Waals surface area contributed by atoms with Crippen LogP contribution in [0.2, 0.25) is 0 Å². The summed E-state index contributed by atoms with van der Waals surface area (Å²) in [6.07, 6.45) is 9.16. The second-order valence-electron chi connectivity index (χ2n) is 10.9. The summed E-state index contributed by atoms with van der Waals surface area (Å²) >= 11 is 0. The van der Waals surface area contributed by atoms with Gasteiger partial charge in [0, 0.05) is 17.8 Å². The molecule has 0 radical (unpaired) electrons. The van der Waals surface area contributed by atoms with Gasteiger partial charge in [-0.05, 0) is 113 Å². The molecule has 1 heteroatoms. The molecule has 136 valence electrons. The zero-order valence-corrected chi connectivity index (χ0v) is 16.9. The van der Waals surface area contributed by atoms with E-state index < -0.39 is 0 Å². The SMILES string of the molecule is Cc1cc(C)c(N2CC3(CC2(C)C)C2CC4CC(C2)CC3C4)c(C)c1. The average molecular weight is 338 g/mol. The van der Waals surface area contributed by atoms with Crippen molar-refractivity contribution in [2.45, 2.75) is 78.7 Å². The molecule has 6 rings (SSSR count). The van der Waals surface area contributed by atoms with Gasteiger partial charge in [0.15, 0.2) is 0 Å². The molecule has 4 saturated carbocycles. The van der Waals surface area contributed by atoms with Gasteiger partial charge in [0.25, 0.3) is 0 Å². The normalized spacial score (nSPS) is 41.1. The van der Waals surface area contributed by atoms with Crippen molar-refractivity contribution in [3.05, 3.63) is 28.8 Å². The van der Waals surface area contributed by atoms with Crippen molar-refractivity contribution in [3.63, 3.8) is 0 Å². The predicted octanol–water partition coefficient (Wildman–Crippen LogP) is 6.04. The molecule has 1 aromatic rings. The van der Waals surface area contributed by atoms with Crippen molar-refractivity contribution in [2.75, 3.05) is 11.4 Å². The number of rotatable bonds is 1. The van der Waals surface area contributed by atoms with Gasteiger partial charge in [-0.1, -0.05) is 17.7 Å². The van der Waals surface area contributed by atoms with Gasteiger partial charge in [-0.3, -0.25) is 0 Å². The largest absolute Gasteiger partial charge is 0.365 e. The highest BCUT2D eigenvalue weighted by Gasteiger charge is 2.62. The van der Waals surface area contributed by atoms with Crippen molar-refractivity contribution in [3.8, 4) is 0 Å². The Bertz CT molecular complexity index is 662. The van der Waals surface area contributed by atoms with Crippen LogP contribution in [0.4, 0.5) is 5.69 Å². The van der Waals surface area contributed by atoms with Crippen LogP contribution in [0.5, 0.6) is 0 Å². The molecule has 5 aliphatic rings. The van der Waals surface area contributed by atoms with Crippen LogP contribution in [0.3, 0.4) is 0 Å². The van der Waals surface area contributed by atoms with Crippen molar-refractivity contribution in [2.24, 2.45) is 29.1 Å². The fraction of sp³-hybridized carbons (Fsp3) is 0.750. The number of anilines is 1. The van der Waals surface area contributed by atoms with Crippen molar-refractivity contribution in [1.29, 1.82) is 0 Å². The minimum atomic E-state index is 0.292. The topological polar surface area (TPSA) is 3.24 Å². The van der Waals surface area contributed by atoms with Crippen LogP contribution in [0.1, 0.15) is 69.1 Å². The molecule has 1 aromatic carbocycles.